The molecule has 0 amide bonds. The highest BCUT2D eigenvalue weighted by molar-refractivity contribution is 5.85. The standard InChI is InChI=1S/C7H9N3.C7H11N3.C6H10N4O.C6H10N4.C4H7N3.CH4/c1-5-3-7-4-6(2)9-10(7)8-5;1-5(2)8-7-4-6(3)9-10-7;1-4-3-6(9-8-4)7-5(2)10-11;1-4-3-6(10-9-4)8-5(2)7;1-3-2-4(5)7-6-3;/h3H,4H2,1-2H3;4H,1-3H3,(H,9,10);3,11H,1-2H3,(H2,7,8,9,10);3H,1-2H3,(H3,7,8,9,10);2H,1H3,(H3,5,6,7);1H4. The molecule has 18 heteroatoms. The number of rotatable bonds is 3. The molecule has 49 heavy (non-hydrogen) atoms. The molecular weight excluding hydrogens is 626 g/mol. The van der Waals surface area contributed by atoms with Crippen LogP contribution in [-0.4, -0.2) is 79.0 Å². The summed E-state index contributed by atoms with van der Waals surface area (Å²) in [6.45, 7) is 18.9. The first kappa shape index (κ1) is 41.1. The van der Waals surface area contributed by atoms with E-state index >= 15 is 0 Å². The van der Waals surface area contributed by atoms with Crippen molar-refractivity contribution in [2.45, 2.75) is 83.1 Å². The Morgan fingerprint density at radius 1 is 0.735 bits per heavy atom. The van der Waals surface area contributed by atoms with Crippen LogP contribution in [0.3, 0.4) is 0 Å². The predicted molar refractivity (Wildman–Crippen MR) is 197 cm³/mol. The van der Waals surface area contributed by atoms with E-state index in [1.807, 2.05) is 73.0 Å². The Labute approximate surface area is 286 Å². The minimum absolute atomic E-state index is 0. The summed E-state index contributed by atoms with van der Waals surface area (Å²) >= 11 is 0. The average Bonchev–Trinajstić information content (AvgIpc) is 3.84. The minimum atomic E-state index is 0. The second-order valence-electron chi connectivity index (χ2n) is 11.0. The van der Waals surface area contributed by atoms with Gasteiger partial charge in [-0.3, -0.25) is 31.1 Å². The van der Waals surface area contributed by atoms with Crippen molar-refractivity contribution >= 4 is 46.4 Å². The summed E-state index contributed by atoms with van der Waals surface area (Å²) in [5.41, 5.74) is 20.9. The van der Waals surface area contributed by atoms with E-state index in [1.165, 1.54) is 5.69 Å². The van der Waals surface area contributed by atoms with Crippen LogP contribution in [0.4, 0.5) is 23.3 Å². The molecule has 0 unspecified atom stereocenters. The van der Waals surface area contributed by atoms with Crippen molar-refractivity contribution in [1.29, 1.82) is 0 Å². The fraction of sp³-hybridized carbons (Fsp3) is 0.387. The first-order valence-corrected chi connectivity index (χ1v) is 14.8. The van der Waals surface area contributed by atoms with Crippen LogP contribution in [0.2, 0.25) is 0 Å². The summed E-state index contributed by atoms with van der Waals surface area (Å²) in [5, 5.41) is 43.1. The quantitative estimate of drug-likeness (QED) is 0.0706. The number of fused-ring (bicyclic) bond motifs is 1. The van der Waals surface area contributed by atoms with Gasteiger partial charge in [0, 0.05) is 64.9 Å². The number of hydrogen-bond donors (Lipinski definition) is 8. The number of hydrogen-bond acceptors (Lipinski definition) is 11. The molecule has 266 valence electrons. The van der Waals surface area contributed by atoms with Gasteiger partial charge in [0.15, 0.2) is 17.5 Å². The first-order valence-electron chi connectivity index (χ1n) is 14.8. The SMILES string of the molecule is C.CC(=Nc1cc(C)[nH]n1)NO.CC(C)=Nc1cc(C)[nH]n1.CC(N)=Nc1cc(C)[nH]n1.CC1=Nn2nc(C)cc2C1.Cc1cc(N)n[nH]1. The van der Waals surface area contributed by atoms with E-state index in [4.69, 9.17) is 16.7 Å². The Kier molecular flexibility index (Phi) is 17.1. The number of aliphatic imine (C=N–C) groups is 3. The third-order valence-electron chi connectivity index (χ3n) is 5.46. The van der Waals surface area contributed by atoms with Crippen LogP contribution < -0.4 is 16.9 Å². The van der Waals surface area contributed by atoms with Gasteiger partial charge in [-0.25, -0.2) is 15.0 Å². The number of nitrogen functional groups attached to an aromatic ring is 1. The Morgan fingerprint density at radius 2 is 1.20 bits per heavy atom. The van der Waals surface area contributed by atoms with Crippen LogP contribution in [-0.2, 0) is 6.42 Å². The van der Waals surface area contributed by atoms with Crippen molar-refractivity contribution < 1.29 is 5.21 Å². The molecule has 5 aromatic heterocycles. The fourth-order valence-corrected chi connectivity index (χ4v) is 3.64. The molecule has 1 aliphatic heterocycles. The maximum absolute atomic E-state index is 8.38. The van der Waals surface area contributed by atoms with Crippen LogP contribution in [0.1, 0.15) is 76.2 Å². The summed E-state index contributed by atoms with van der Waals surface area (Å²) < 4.78 is 0. The summed E-state index contributed by atoms with van der Waals surface area (Å²) in [6.07, 6.45) is 0.959. The molecule has 6 rings (SSSR count). The molecular formula is C31H51N17O. The summed E-state index contributed by atoms with van der Waals surface area (Å²) in [7, 11) is 0. The van der Waals surface area contributed by atoms with Crippen molar-refractivity contribution in [3.8, 4) is 0 Å². The lowest BCUT2D eigenvalue weighted by Crippen LogP contribution is -2.13. The molecule has 6 heterocycles. The number of nitrogens with one attached hydrogen (secondary N) is 5. The molecule has 0 saturated carbocycles. The highest BCUT2D eigenvalue weighted by Gasteiger charge is 2.11. The number of anilines is 1. The van der Waals surface area contributed by atoms with Crippen molar-refractivity contribution in [3.05, 3.63) is 64.5 Å². The van der Waals surface area contributed by atoms with Crippen LogP contribution in [0.15, 0.2) is 50.4 Å². The maximum atomic E-state index is 8.38. The Hall–Kier alpha value is -5.91. The van der Waals surface area contributed by atoms with Gasteiger partial charge < -0.3 is 11.5 Å². The van der Waals surface area contributed by atoms with Gasteiger partial charge in [-0.15, -0.1) is 0 Å². The zero-order chi connectivity index (χ0) is 35.8. The molecule has 0 bridgehead atoms. The molecule has 5 aromatic rings. The topological polar surface area (TPSA) is 266 Å². The molecule has 18 nitrogen and oxygen atoms in total. The van der Waals surface area contributed by atoms with Crippen LogP contribution in [0.5, 0.6) is 0 Å². The van der Waals surface area contributed by atoms with Gasteiger partial charge in [0.1, 0.15) is 11.7 Å². The second kappa shape index (κ2) is 20.4. The Bertz CT molecular complexity index is 1750. The van der Waals surface area contributed by atoms with E-state index in [0.717, 1.165) is 52.1 Å². The number of hydroxylamine groups is 1. The molecule has 0 saturated heterocycles. The normalized spacial score (nSPS) is 11.4. The van der Waals surface area contributed by atoms with Crippen LogP contribution >= 0.6 is 0 Å². The van der Waals surface area contributed by atoms with E-state index < -0.39 is 0 Å². The molecule has 0 fully saturated rings. The molecule has 10 N–H and O–H groups in total. The third kappa shape index (κ3) is 16.5. The van der Waals surface area contributed by atoms with E-state index in [-0.39, 0.29) is 7.43 Å². The smallest absolute Gasteiger partial charge is 0.175 e. The number of nitrogens with zero attached hydrogens (tertiary/aromatic N) is 10. The largest absolute Gasteiger partial charge is 0.387 e. The van der Waals surface area contributed by atoms with Gasteiger partial charge in [0.05, 0.1) is 17.2 Å². The fourth-order valence-electron chi connectivity index (χ4n) is 3.64. The molecule has 0 aliphatic carbocycles. The second-order valence-corrected chi connectivity index (χ2v) is 11.0. The van der Waals surface area contributed by atoms with Gasteiger partial charge in [0.25, 0.3) is 0 Å². The number of nitrogens with two attached hydrogens (primary N) is 2. The Morgan fingerprint density at radius 3 is 1.55 bits per heavy atom. The molecule has 1 aliphatic rings. The lowest BCUT2D eigenvalue weighted by molar-refractivity contribution is 0.234. The summed E-state index contributed by atoms with van der Waals surface area (Å²) in [4.78, 5) is 13.7. The molecule has 0 aromatic carbocycles. The van der Waals surface area contributed by atoms with Gasteiger partial charge in [-0.05, 0) is 75.3 Å². The Balaban J connectivity index is 0.000000306. The highest BCUT2D eigenvalue weighted by atomic mass is 16.5. The van der Waals surface area contributed by atoms with E-state index in [9.17, 15) is 0 Å². The average molecular weight is 678 g/mol. The lowest BCUT2D eigenvalue weighted by atomic mass is 10.2. The summed E-state index contributed by atoms with van der Waals surface area (Å²) in [6, 6.07) is 9.37. The van der Waals surface area contributed by atoms with Crippen LogP contribution in [0.25, 0.3) is 0 Å². The zero-order valence-electron chi connectivity index (χ0n) is 29.2. The van der Waals surface area contributed by atoms with Gasteiger partial charge >= 0.3 is 0 Å². The van der Waals surface area contributed by atoms with Gasteiger partial charge in [-0.2, -0.15) is 35.4 Å². The van der Waals surface area contributed by atoms with Crippen molar-refractivity contribution in [3.63, 3.8) is 0 Å². The van der Waals surface area contributed by atoms with Gasteiger partial charge in [-0.1, -0.05) is 7.43 Å². The molecule has 0 spiro atoms. The van der Waals surface area contributed by atoms with E-state index in [2.05, 4.69) is 72.0 Å². The van der Waals surface area contributed by atoms with Crippen LogP contribution in [0, 0.1) is 34.6 Å². The first-order chi connectivity index (χ1) is 22.6. The number of amidine groups is 2. The van der Waals surface area contributed by atoms with Crippen molar-refractivity contribution in [2.75, 3.05) is 5.73 Å². The minimum Gasteiger partial charge on any atom is -0.387 e. The van der Waals surface area contributed by atoms with Crippen molar-refractivity contribution in [1.82, 2.24) is 56.2 Å². The predicted octanol–water partition coefficient (Wildman–Crippen LogP) is 5.21. The number of H-pyrrole nitrogens is 4. The van der Waals surface area contributed by atoms with E-state index in [1.54, 1.807) is 30.8 Å². The van der Waals surface area contributed by atoms with Crippen molar-refractivity contribution in [2.24, 2.45) is 25.8 Å². The zero-order valence-corrected chi connectivity index (χ0v) is 29.2. The molecule has 0 radical (unpaired) electrons. The van der Waals surface area contributed by atoms with E-state index in [0.29, 0.717) is 29.1 Å². The lowest BCUT2D eigenvalue weighted by Gasteiger charge is -1.91. The third-order valence-corrected chi connectivity index (χ3v) is 5.46. The number of aromatic amines is 4. The monoisotopic (exact) mass is 677 g/mol. The number of aryl methyl sites for hydroxylation is 5. The highest BCUT2D eigenvalue weighted by Crippen LogP contribution is 2.11. The summed E-state index contributed by atoms with van der Waals surface area (Å²) in [5.74, 6) is 3.44. The maximum Gasteiger partial charge on any atom is 0.175 e. The van der Waals surface area contributed by atoms with Gasteiger partial charge in [0.2, 0.25) is 0 Å². The molecule has 0 atom stereocenters. The number of aromatic nitrogens is 10.